The molecule has 0 amide bonds. The number of aromatic nitrogens is 1. The van der Waals surface area contributed by atoms with Crippen LogP contribution in [0.2, 0.25) is 0 Å². The van der Waals surface area contributed by atoms with Crippen LogP contribution in [0.5, 0.6) is 17.2 Å². The summed E-state index contributed by atoms with van der Waals surface area (Å²) in [7, 11) is 4.70. The van der Waals surface area contributed by atoms with Gasteiger partial charge in [0.2, 0.25) is 5.43 Å². The van der Waals surface area contributed by atoms with E-state index in [1.165, 1.54) is 19.4 Å². The lowest BCUT2D eigenvalue weighted by Gasteiger charge is -2.26. The van der Waals surface area contributed by atoms with Crippen molar-refractivity contribution in [3.8, 4) is 28.4 Å². The highest BCUT2D eigenvalue weighted by molar-refractivity contribution is 5.94. The predicted molar refractivity (Wildman–Crippen MR) is 142 cm³/mol. The molecule has 190 valence electrons. The van der Waals surface area contributed by atoms with Crippen molar-refractivity contribution in [2.75, 3.05) is 14.2 Å². The van der Waals surface area contributed by atoms with Gasteiger partial charge in [0.15, 0.2) is 0 Å². The highest BCUT2D eigenvalue weighted by Gasteiger charge is 2.35. The number of hydrogen-bond acceptors (Lipinski definition) is 7. The third-order valence-electron chi connectivity index (χ3n) is 7.11. The highest BCUT2D eigenvalue weighted by Crippen LogP contribution is 2.45. The van der Waals surface area contributed by atoms with Crippen molar-refractivity contribution in [2.24, 2.45) is 7.05 Å². The van der Waals surface area contributed by atoms with Gasteiger partial charge in [-0.05, 0) is 35.2 Å². The van der Waals surface area contributed by atoms with Crippen molar-refractivity contribution in [3.63, 3.8) is 0 Å². The molecule has 0 radical (unpaired) electrons. The minimum absolute atomic E-state index is 0.0774. The smallest absolute Gasteiger partial charge is 0.312 e. The second-order valence-corrected chi connectivity index (χ2v) is 9.16. The van der Waals surface area contributed by atoms with E-state index in [-0.39, 0.29) is 39.9 Å². The first kappa shape index (κ1) is 23.5. The molecule has 0 bridgehead atoms. The second-order valence-electron chi connectivity index (χ2n) is 9.16. The summed E-state index contributed by atoms with van der Waals surface area (Å²) in [5, 5.41) is 1.06. The number of carbonyl (C=O) groups excluding carboxylic acids is 1. The Morgan fingerprint density at radius 2 is 1.71 bits per heavy atom. The zero-order chi connectivity index (χ0) is 26.6. The van der Waals surface area contributed by atoms with Crippen molar-refractivity contribution in [1.29, 1.82) is 0 Å². The Morgan fingerprint density at radius 3 is 2.45 bits per heavy atom. The van der Waals surface area contributed by atoms with Crippen molar-refractivity contribution in [2.45, 2.75) is 12.3 Å². The molecule has 0 N–H and O–H groups in total. The maximum atomic E-state index is 13.8. The lowest BCUT2D eigenvalue weighted by atomic mass is 9.85. The molecule has 38 heavy (non-hydrogen) atoms. The maximum Gasteiger partial charge on any atom is 0.312 e. The normalized spacial score (nSPS) is 14.8. The van der Waals surface area contributed by atoms with Gasteiger partial charge in [0.05, 0.1) is 31.7 Å². The number of pyridine rings is 1. The number of hydrogen-bond donors (Lipinski definition) is 0. The van der Waals surface area contributed by atoms with Crippen LogP contribution in [0.1, 0.15) is 23.5 Å². The van der Waals surface area contributed by atoms with Crippen molar-refractivity contribution >= 4 is 27.8 Å². The topological polar surface area (TPSA) is 97.0 Å². The molecule has 0 spiro atoms. The molecule has 1 atom stereocenters. The van der Waals surface area contributed by atoms with Crippen LogP contribution in [-0.4, -0.2) is 24.8 Å². The van der Waals surface area contributed by atoms with Gasteiger partial charge in [-0.15, -0.1) is 0 Å². The molecular weight excluding hydrogens is 486 g/mol. The largest absolute Gasteiger partial charge is 0.497 e. The van der Waals surface area contributed by atoms with Gasteiger partial charge in [0, 0.05) is 30.2 Å². The summed E-state index contributed by atoms with van der Waals surface area (Å²) in [6.45, 7) is 0. The summed E-state index contributed by atoms with van der Waals surface area (Å²) in [5.74, 6) is -0.102. The summed E-state index contributed by atoms with van der Waals surface area (Å²) in [6.07, 6.45) is 1.31. The molecule has 2 aromatic heterocycles. The van der Waals surface area contributed by atoms with Crippen LogP contribution in [0.15, 0.2) is 80.9 Å². The summed E-state index contributed by atoms with van der Waals surface area (Å²) < 4.78 is 24.0. The van der Waals surface area contributed by atoms with Crippen LogP contribution in [0.3, 0.4) is 0 Å². The molecule has 0 saturated heterocycles. The van der Waals surface area contributed by atoms with Gasteiger partial charge >= 0.3 is 5.97 Å². The fourth-order valence-electron chi connectivity index (χ4n) is 5.21. The number of carbonyl (C=O) groups is 1. The third kappa shape index (κ3) is 3.56. The molecular formula is C30H23NO7. The lowest BCUT2D eigenvalue weighted by molar-refractivity contribution is -0.135. The van der Waals surface area contributed by atoms with Crippen molar-refractivity contribution < 1.29 is 23.4 Å². The quantitative estimate of drug-likeness (QED) is 0.254. The fourth-order valence-corrected chi connectivity index (χ4v) is 5.21. The molecule has 3 heterocycles. The Labute approximate surface area is 216 Å². The Morgan fingerprint density at radius 1 is 0.947 bits per heavy atom. The number of esters is 1. The molecule has 1 unspecified atom stereocenters. The van der Waals surface area contributed by atoms with E-state index in [0.717, 1.165) is 10.9 Å². The van der Waals surface area contributed by atoms with Crippen LogP contribution in [-0.2, 0) is 11.8 Å². The summed E-state index contributed by atoms with van der Waals surface area (Å²) in [6, 6.07) is 17.9. The van der Waals surface area contributed by atoms with Crippen LogP contribution < -0.4 is 25.2 Å². The Balaban J connectivity index is 1.63. The average molecular weight is 510 g/mol. The number of nitrogens with zero attached hydrogens (tertiary/aromatic N) is 1. The van der Waals surface area contributed by atoms with Crippen LogP contribution >= 0.6 is 0 Å². The molecule has 3 aromatic carbocycles. The Bertz CT molecular complexity index is 1870. The molecule has 0 saturated carbocycles. The number of rotatable bonds is 4. The first-order valence-corrected chi connectivity index (χ1v) is 12.0. The number of para-hydroxylation sites is 1. The molecule has 0 fully saturated rings. The molecule has 5 aromatic rings. The maximum absolute atomic E-state index is 13.8. The van der Waals surface area contributed by atoms with E-state index >= 15 is 0 Å². The number of ether oxygens (including phenoxy) is 3. The number of methoxy groups -OCH3 is 2. The zero-order valence-corrected chi connectivity index (χ0v) is 20.9. The third-order valence-corrected chi connectivity index (χ3v) is 7.11. The van der Waals surface area contributed by atoms with E-state index < -0.39 is 11.9 Å². The van der Waals surface area contributed by atoms with Gasteiger partial charge in [-0.3, -0.25) is 14.4 Å². The van der Waals surface area contributed by atoms with E-state index in [0.29, 0.717) is 28.0 Å². The van der Waals surface area contributed by atoms with Gasteiger partial charge in [0.1, 0.15) is 34.5 Å². The van der Waals surface area contributed by atoms with Crippen LogP contribution in [0, 0.1) is 0 Å². The van der Waals surface area contributed by atoms with E-state index in [9.17, 15) is 14.4 Å². The van der Waals surface area contributed by atoms with Gasteiger partial charge in [-0.1, -0.05) is 30.3 Å². The average Bonchev–Trinajstić information content (AvgIpc) is 2.94. The van der Waals surface area contributed by atoms with Gasteiger partial charge < -0.3 is 23.2 Å². The van der Waals surface area contributed by atoms with Crippen molar-refractivity contribution in [3.05, 3.63) is 98.6 Å². The lowest BCUT2D eigenvalue weighted by Crippen LogP contribution is -2.29. The monoisotopic (exact) mass is 509 g/mol. The molecule has 6 rings (SSSR count). The first-order valence-electron chi connectivity index (χ1n) is 12.0. The predicted octanol–water partition coefficient (Wildman–Crippen LogP) is 4.77. The number of benzene rings is 3. The zero-order valence-electron chi connectivity index (χ0n) is 20.9. The standard InChI is InChI=1S/C30H23NO7/c1-31-22-7-5-4-6-17(22)12-20(30(31)34)19-13-25(32)38-24-14-23(36-3)27-28(33)21(15-37-29(27)26(19)24)16-8-10-18(35-2)11-9-16/h4-12,14-15,19H,13H2,1-3H3. The van der Waals surface area contributed by atoms with E-state index in [1.807, 2.05) is 24.3 Å². The van der Waals surface area contributed by atoms with Gasteiger partial charge in [-0.25, -0.2) is 0 Å². The SMILES string of the molecule is COc1ccc(-c2coc3c4c(cc(OC)c3c2=O)OC(=O)CC4c2cc3ccccc3n(C)c2=O)cc1. The van der Waals surface area contributed by atoms with Crippen LogP contribution in [0.25, 0.3) is 33.0 Å². The Kier molecular flexibility index (Phi) is 5.52. The number of aryl methyl sites for hydroxylation is 1. The number of fused-ring (bicyclic) bond motifs is 4. The van der Waals surface area contributed by atoms with Crippen molar-refractivity contribution in [1.82, 2.24) is 4.57 Å². The minimum Gasteiger partial charge on any atom is -0.497 e. The summed E-state index contributed by atoms with van der Waals surface area (Å²) >= 11 is 0. The highest BCUT2D eigenvalue weighted by atomic mass is 16.5. The molecule has 1 aliphatic rings. The van der Waals surface area contributed by atoms with E-state index in [4.69, 9.17) is 18.6 Å². The summed E-state index contributed by atoms with van der Waals surface area (Å²) in [5.41, 5.74) is 2.30. The molecule has 8 heteroatoms. The molecule has 1 aliphatic heterocycles. The first-order chi connectivity index (χ1) is 18.4. The van der Waals surface area contributed by atoms with E-state index in [1.54, 1.807) is 49.1 Å². The van der Waals surface area contributed by atoms with Gasteiger partial charge in [-0.2, -0.15) is 0 Å². The minimum atomic E-state index is -0.682. The second kappa shape index (κ2) is 8.92. The fraction of sp³-hybridized carbons (Fsp3) is 0.167. The molecule has 0 aliphatic carbocycles. The Hall–Kier alpha value is -4.85. The summed E-state index contributed by atoms with van der Waals surface area (Å²) in [4.78, 5) is 40.0. The molecule has 8 nitrogen and oxygen atoms in total. The van der Waals surface area contributed by atoms with Gasteiger partial charge in [0.25, 0.3) is 5.56 Å². The van der Waals surface area contributed by atoms with E-state index in [2.05, 4.69) is 0 Å². The van der Waals surface area contributed by atoms with Crippen LogP contribution in [0.4, 0.5) is 0 Å².